The Labute approximate surface area is 104 Å². The molecule has 3 aromatic rings. The molecule has 0 aliphatic heterocycles. The number of rotatable bonds is 3. The second-order valence-electron chi connectivity index (χ2n) is 4.36. The van der Waals surface area contributed by atoms with Crippen LogP contribution >= 0.6 is 0 Å². The summed E-state index contributed by atoms with van der Waals surface area (Å²) >= 11 is 0. The highest BCUT2D eigenvalue weighted by Crippen LogP contribution is 2.20. The van der Waals surface area contributed by atoms with Crippen LogP contribution in [-0.2, 0) is 12.8 Å². The van der Waals surface area contributed by atoms with Crippen LogP contribution in [0, 0.1) is 5.82 Å². The summed E-state index contributed by atoms with van der Waals surface area (Å²) in [6.45, 7) is 0. The number of hydrogen-bond donors (Lipinski definition) is 1. The minimum Gasteiger partial charge on any atom is -0.361 e. The Kier molecular flexibility index (Phi) is 2.81. The summed E-state index contributed by atoms with van der Waals surface area (Å²) in [5.41, 5.74) is 3.39. The van der Waals surface area contributed by atoms with E-state index in [-0.39, 0.29) is 5.82 Å². The lowest BCUT2D eigenvalue weighted by atomic mass is 10.0. The van der Waals surface area contributed by atoms with Crippen LogP contribution in [0.1, 0.15) is 11.1 Å². The normalized spacial score (nSPS) is 10.9. The van der Waals surface area contributed by atoms with E-state index in [0.717, 1.165) is 29.3 Å². The summed E-state index contributed by atoms with van der Waals surface area (Å²) in [5, 5.41) is 0.976. The standard InChI is InChI=1S/C15H13FN2/c16-13-3-4-15-14(9-13)12(10-18-15)2-1-11-5-7-17-8-6-11/h3-10,18H,1-2H2. The molecule has 0 aliphatic carbocycles. The molecule has 3 heteroatoms. The molecule has 0 amide bonds. The van der Waals surface area contributed by atoms with E-state index in [4.69, 9.17) is 0 Å². The van der Waals surface area contributed by atoms with Crippen molar-refractivity contribution in [2.75, 3.05) is 0 Å². The summed E-state index contributed by atoms with van der Waals surface area (Å²) in [5.74, 6) is -0.188. The molecule has 0 saturated carbocycles. The van der Waals surface area contributed by atoms with E-state index in [2.05, 4.69) is 9.97 Å². The van der Waals surface area contributed by atoms with Gasteiger partial charge in [0, 0.05) is 29.5 Å². The summed E-state index contributed by atoms with van der Waals surface area (Å²) in [6, 6.07) is 8.87. The van der Waals surface area contributed by atoms with Crippen molar-refractivity contribution < 1.29 is 4.39 Å². The van der Waals surface area contributed by atoms with Crippen LogP contribution in [0.25, 0.3) is 10.9 Å². The number of aromatic nitrogens is 2. The molecule has 0 fully saturated rings. The van der Waals surface area contributed by atoms with E-state index in [9.17, 15) is 4.39 Å². The Morgan fingerprint density at radius 2 is 1.89 bits per heavy atom. The van der Waals surface area contributed by atoms with E-state index >= 15 is 0 Å². The lowest BCUT2D eigenvalue weighted by molar-refractivity contribution is 0.629. The van der Waals surface area contributed by atoms with Gasteiger partial charge in [-0.1, -0.05) is 0 Å². The smallest absolute Gasteiger partial charge is 0.123 e. The Hall–Kier alpha value is -2.16. The molecule has 2 heterocycles. The van der Waals surface area contributed by atoms with Gasteiger partial charge in [-0.05, 0) is 54.3 Å². The second-order valence-corrected chi connectivity index (χ2v) is 4.36. The fourth-order valence-corrected chi connectivity index (χ4v) is 2.19. The van der Waals surface area contributed by atoms with Crippen molar-refractivity contribution in [3.05, 3.63) is 65.9 Å². The maximum atomic E-state index is 13.2. The van der Waals surface area contributed by atoms with Crippen molar-refractivity contribution >= 4 is 10.9 Å². The number of aryl methyl sites for hydroxylation is 2. The zero-order valence-corrected chi connectivity index (χ0v) is 9.86. The first kappa shape index (κ1) is 11.0. The highest BCUT2D eigenvalue weighted by atomic mass is 19.1. The molecule has 1 N–H and O–H groups in total. The van der Waals surface area contributed by atoms with Crippen LogP contribution < -0.4 is 0 Å². The van der Waals surface area contributed by atoms with Crippen molar-refractivity contribution in [1.82, 2.24) is 9.97 Å². The minimum atomic E-state index is -0.188. The minimum absolute atomic E-state index is 0.188. The van der Waals surface area contributed by atoms with Gasteiger partial charge in [-0.25, -0.2) is 4.39 Å². The number of halogens is 1. The molecule has 0 bridgehead atoms. The zero-order chi connectivity index (χ0) is 12.4. The van der Waals surface area contributed by atoms with E-state index in [1.165, 1.54) is 11.6 Å². The fraction of sp³-hybridized carbons (Fsp3) is 0.133. The number of nitrogens with one attached hydrogen (secondary N) is 1. The highest BCUT2D eigenvalue weighted by molar-refractivity contribution is 5.83. The van der Waals surface area contributed by atoms with Gasteiger partial charge >= 0.3 is 0 Å². The van der Waals surface area contributed by atoms with Gasteiger partial charge in [0.15, 0.2) is 0 Å². The molecule has 2 nitrogen and oxygen atoms in total. The van der Waals surface area contributed by atoms with E-state index in [1.807, 2.05) is 18.3 Å². The molecule has 3 rings (SSSR count). The molecule has 0 saturated heterocycles. The molecular formula is C15H13FN2. The fourth-order valence-electron chi connectivity index (χ4n) is 2.19. The maximum Gasteiger partial charge on any atom is 0.123 e. The van der Waals surface area contributed by atoms with E-state index < -0.39 is 0 Å². The number of nitrogens with zero attached hydrogens (tertiary/aromatic N) is 1. The zero-order valence-electron chi connectivity index (χ0n) is 9.86. The molecule has 0 aliphatic rings. The molecule has 2 aromatic heterocycles. The largest absolute Gasteiger partial charge is 0.361 e. The first-order chi connectivity index (χ1) is 8.83. The molecular weight excluding hydrogens is 227 g/mol. The van der Waals surface area contributed by atoms with Crippen LogP contribution in [0.3, 0.4) is 0 Å². The van der Waals surface area contributed by atoms with Crippen LogP contribution in [0.2, 0.25) is 0 Å². The van der Waals surface area contributed by atoms with Crippen LogP contribution in [0.4, 0.5) is 4.39 Å². The van der Waals surface area contributed by atoms with Gasteiger partial charge in [0.25, 0.3) is 0 Å². The monoisotopic (exact) mass is 240 g/mol. The highest BCUT2D eigenvalue weighted by Gasteiger charge is 2.05. The number of H-pyrrole nitrogens is 1. The van der Waals surface area contributed by atoms with Crippen molar-refractivity contribution in [2.24, 2.45) is 0 Å². The van der Waals surface area contributed by atoms with Crippen molar-refractivity contribution in [3.63, 3.8) is 0 Å². The Morgan fingerprint density at radius 3 is 2.72 bits per heavy atom. The Morgan fingerprint density at radius 1 is 1.06 bits per heavy atom. The summed E-state index contributed by atoms with van der Waals surface area (Å²) in [7, 11) is 0. The van der Waals surface area contributed by atoms with E-state index in [0.29, 0.717) is 0 Å². The quantitative estimate of drug-likeness (QED) is 0.746. The van der Waals surface area contributed by atoms with Gasteiger partial charge < -0.3 is 4.98 Å². The van der Waals surface area contributed by atoms with Gasteiger partial charge in [-0.3, -0.25) is 4.98 Å². The predicted molar refractivity (Wildman–Crippen MR) is 69.9 cm³/mol. The predicted octanol–water partition coefficient (Wildman–Crippen LogP) is 3.49. The topological polar surface area (TPSA) is 28.7 Å². The van der Waals surface area contributed by atoms with Crippen molar-refractivity contribution in [2.45, 2.75) is 12.8 Å². The van der Waals surface area contributed by atoms with Gasteiger partial charge in [-0.15, -0.1) is 0 Å². The number of benzene rings is 1. The van der Waals surface area contributed by atoms with Gasteiger partial charge in [0.2, 0.25) is 0 Å². The Balaban J connectivity index is 1.85. The molecule has 1 aromatic carbocycles. The lowest BCUT2D eigenvalue weighted by Crippen LogP contribution is -1.90. The lowest BCUT2D eigenvalue weighted by Gasteiger charge is -2.00. The number of pyridine rings is 1. The van der Waals surface area contributed by atoms with E-state index in [1.54, 1.807) is 24.5 Å². The second kappa shape index (κ2) is 4.61. The van der Waals surface area contributed by atoms with Crippen LogP contribution in [0.5, 0.6) is 0 Å². The third-order valence-corrected chi connectivity index (χ3v) is 3.16. The average molecular weight is 240 g/mol. The molecule has 18 heavy (non-hydrogen) atoms. The maximum absolute atomic E-state index is 13.2. The SMILES string of the molecule is Fc1ccc2[nH]cc(CCc3ccncc3)c2c1. The molecule has 0 unspecified atom stereocenters. The van der Waals surface area contributed by atoms with Gasteiger partial charge in [0.1, 0.15) is 5.82 Å². The van der Waals surface area contributed by atoms with Crippen molar-refractivity contribution in [3.8, 4) is 0 Å². The average Bonchev–Trinajstić information content (AvgIpc) is 2.80. The summed E-state index contributed by atoms with van der Waals surface area (Å²) in [4.78, 5) is 7.17. The molecule has 0 radical (unpaired) electrons. The van der Waals surface area contributed by atoms with Crippen LogP contribution in [-0.4, -0.2) is 9.97 Å². The first-order valence-corrected chi connectivity index (χ1v) is 5.97. The van der Waals surface area contributed by atoms with Gasteiger partial charge in [-0.2, -0.15) is 0 Å². The Bertz CT molecular complexity index is 659. The third kappa shape index (κ3) is 2.12. The number of fused-ring (bicyclic) bond motifs is 1. The number of hydrogen-bond acceptors (Lipinski definition) is 1. The number of aromatic amines is 1. The molecule has 0 spiro atoms. The first-order valence-electron chi connectivity index (χ1n) is 5.97. The third-order valence-electron chi connectivity index (χ3n) is 3.16. The summed E-state index contributed by atoms with van der Waals surface area (Å²) in [6.07, 6.45) is 7.39. The molecule has 0 atom stereocenters. The van der Waals surface area contributed by atoms with Gasteiger partial charge in [0.05, 0.1) is 0 Å². The molecule has 90 valence electrons. The van der Waals surface area contributed by atoms with Crippen molar-refractivity contribution in [1.29, 1.82) is 0 Å². The summed E-state index contributed by atoms with van der Waals surface area (Å²) < 4.78 is 13.2. The van der Waals surface area contributed by atoms with Crippen LogP contribution in [0.15, 0.2) is 48.9 Å².